The van der Waals surface area contributed by atoms with Crippen LogP contribution >= 0.6 is 0 Å². The fourth-order valence-electron chi connectivity index (χ4n) is 1.89. The highest BCUT2D eigenvalue weighted by Crippen LogP contribution is 2.34. The summed E-state index contributed by atoms with van der Waals surface area (Å²) < 4.78 is 51.0. The summed E-state index contributed by atoms with van der Waals surface area (Å²) in [6, 6.07) is 3.17. The maximum atomic E-state index is 13.5. The molecule has 0 saturated heterocycles. The molecule has 1 aromatic carbocycles. The average Bonchev–Trinajstić information content (AvgIpc) is 2.27. The Labute approximate surface area is 111 Å². The van der Waals surface area contributed by atoms with Gasteiger partial charge in [-0.3, -0.25) is 0 Å². The highest BCUT2D eigenvalue weighted by Gasteiger charge is 2.34. The summed E-state index contributed by atoms with van der Waals surface area (Å²) in [5, 5.41) is 3.15. The van der Waals surface area contributed by atoms with Gasteiger partial charge in [-0.05, 0) is 42.6 Å². The third-order valence-electron chi connectivity index (χ3n) is 3.23. The first-order valence-electron chi connectivity index (χ1n) is 6.26. The van der Waals surface area contributed by atoms with Crippen LogP contribution < -0.4 is 5.32 Å². The molecule has 0 saturated carbocycles. The van der Waals surface area contributed by atoms with Gasteiger partial charge in [-0.1, -0.05) is 26.8 Å². The second kappa shape index (κ2) is 5.90. The number of hydrogen-bond acceptors (Lipinski definition) is 1. The molecule has 5 heteroatoms. The van der Waals surface area contributed by atoms with Crippen molar-refractivity contribution in [2.45, 2.75) is 38.8 Å². The molecular formula is C14H19F4N. The Balaban J connectivity index is 2.93. The van der Waals surface area contributed by atoms with Gasteiger partial charge < -0.3 is 5.32 Å². The van der Waals surface area contributed by atoms with Crippen LogP contribution in [0.5, 0.6) is 0 Å². The van der Waals surface area contributed by atoms with Crippen molar-refractivity contribution in [2.75, 3.05) is 13.1 Å². The molecule has 0 spiro atoms. The molecule has 0 fully saturated rings. The lowest BCUT2D eigenvalue weighted by atomic mass is 9.81. The van der Waals surface area contributed by atoms with Gasteiger partial charge >= 0.3 is 6.18 Å². The molecule has 0 atom stereocenters. The molecule has 108 valence electrons. The van der Waals surface area contributed by atoms with Gasteiger partial charge in [0, 0.05) is 0 Å². The third-order valence-corrected chi connectivity index (χ3v) is 3.23. The van der Waals surface area contributed by atoms with Gasteiger partial charge in [0.25, 0.3) is 0 Å². The topological polar surface area (TPSA) is 12.0 Å². The van der Waals surface area contributed by atoms with Gasteiger partial charge in [-0.15, -0.1) is 0 Å². The van der Waals surface area contributed by atoms with Crippen LogP contribution in [0, 0.1) is 5.82 Å². The lowest BCUT2D eigenvalue weighted by Gasteiger charge is -2.26. The summed E-state index contributed by atoms with van der Waals surface area (Å²) in [5.74, 6) is -1.21. The minimum atomic E-state index is -4.64. The molecule has 0 aliphatic heterocycles. The smallest absolute Gasteiger partial charge is 0.317 e. The molecule has 0 heterocycles. The minimum absolute atomic E-state index is 0.368. The van der Waals surface area contributed by atoms with Crippen LogP contribution in [0.2, 0.25) is 0 Å². The second-order valence-electron chi connectivity index (χ2n) is 5.18. The van der Waals surface area contributed by atoms with Crippen LogP contribution in [0.15, 0.2) is 18.2 Å². The molecule has 1 nitrogen and oxygen atoms in total. The van der Waals surface area contributed by atoms with Crippen molar-refractivity contribution in [1.29, 1.82) is 0 Å². The maximum Gasteiger partial charge on any atom is 0.419 e. The van der Waals surface area contributed by atoms with E-state index in [0.717, 1.165) is 31.6 Å². The molecular weight excluding hydrogens is 258 g/mol. The zero-order chi connectivity index (χ0) is 14.7. The van der Waals surface area contributed by atoms with Crippen molar-refractivity contribution in [2.24, 2.45) is 0 Å². The summed E-state index contributed by atoms with van der Waals surface area (Å²) in [4.78, 5) is 0. The van der Waals surface area contributed by atoms with Crippen molar-refractivity contribution in [3.63, 3.8) is 0 Å². The fraction of sp³-hybridized carbons (Fsp3) is 0.571. The predicted molar refractivity (Wildman–Crippen MR) is 67.6 cm³/mol. The van der Waals surface area contributed by atoms with E-state index < -0.39 is 17.6 Å². The summed E-state index contributed by atoms with van der Waals surface area (Å²) >= 11 is 0. The monoisotopic (exact) mass is 277 g/mol. The quantitative estimate of drug-likeness (QED) is 0.630. The third kappa shape index (κ3) is 4.20. The maximum absolute atomic E-state index is 13.5. The Bertz CT molecular complexity index is 424. The lowest BCUT2D eigenvalue weighted by Crippen LogP contribution is -2.25. The first-order valence-corrected chi connectivity index (χ1v) is 6.26. The minimum Gasteiger partial charge on any atom is -0.317 e. The molecule has 0 amide bonds. The Hall–Kier alpha value is -1.10. The molecule has 1 rings (SSSR count). The van der Waals surface area contributed by atoms with E-state index in [4.69, 9.17) is 0 Å². The zero-order valence-electron chi connectivity index (χ0n) is 11.4. The molecule has 0 radical (unpaired) electrons. The Kier molecular flexibility index (Phi) is 4.96. The van der Waals surface area contributed by atoms with Gasteiger partial charge in [0.1, 0.15) is 5.82 Å². The molecule has 0 unspecified atom stereocenters. The summed E-state index contributed by atoms with van der Waals surface area (Å²) in [7, 11) is 0. The first kappa shape index (κ1) is 16.0. The van der Waals surface area contributed by atoms with Crippen LogP contribution in [0.1, 0.15) is 38.3 Å². The Morgan fingerprint density at radius 1 is 1.16 bits per heavy atom. The fourth-order valence-corrected chi connectivity index (χ4v) is 1.89. The van der Waals surface area contributed by atoms with Gasteiger partial charge in [-0.2, -0.15) is 13.2 Å². The molecule has 0 aliphatic rings. The Morgan fingerprint density at radius 3 is 2.26 bits per heavy atom. The number of alkyl halides is 3. The number of rotatable bonds is 5. The van der Waals surface area contributed by atoms with E-state index in [-0.39, 0.29) is 5.41 Å². The zero-order valence-corrected chi connectivity index (χ0v) is 11.4. The van der Waals surface area contributed by atoms with Crippen LogP contribution in [0.4, 0.5) is 17.6 Å². The summed E-state index contributed by atoms with van der Waals surface area (Å²) in [6.07, 6.45) is -3.91. The van der Waals surface area contributed by atoms with Crippen LogP contribution in [-0.4, -0.2) is 13.1 Å². The molecule has 1 aromatic rings. The van der Waals surface area contributed by atoms with E-state index in [9.17, 15) is 17.6 Å². The molecule has 0 aliphatic carbocycles. The van der Waals surface area contributed by atoms with E-state index in [0.29, 0.717) is 5.56 Å². The SMILES string of the molecule is CCNCCC(C)(C)c1ccc(C(F)(F)F)c(F)c1. The standard InChI is InChI=1S/C14H19F4N/c1-4-19-8-7-13(2,3)10-5-6-11(12(15)9-10)14(16,17)18/h5-6,9,19H,4,7-8H2,1-3H3. The lowest BCUT2D eigenvalue weighted by molar-refractivity contribution is -0.140. The van der Waals surface area contributed by atoms with E-state index in [1.807, 2.05) is 20.8 Å². The molecule has 0 bridgehead atoms. The molecule has 19 heavy (non-hydrogen) atoms. The van der Waals surface area contributed by atoms with Gasteiger partial charge in [-0.25, -0.2) is 4.39 Å². The second-order valence-corrected chi connectivity index (χ2v) is 5.18. The van der Waals surface area contributed by atoms with E-state index in [2.05, 4.69) is 5.32 Å². The van der Waals surface area contributed by atoms with Crippen molar-refractivity contribution < 1.29 is 17.6 Å². The number of hydrogen-bond donors (Lipinski definition) is 1. The molecule has 0 aromatic heterocycles. The number of nitrogens with one attached hydrogen (secondary N) is 1. The van der Waals surface area contributed by atoms with Crippen molar-refractivity contribution >= 4 is 0 Å². The highest BCUT2D eigenvalue weighted by atomic mass is 19.4. The van der Waals surface area contributed by atoms with Gasteiger partial charge in [0.15, 0.2) is 0 Å². The van der Waals surface area contributed by atoms with E-state index in [1.165, 1.54) is 6.07 Å². The molecule has 1 N–H and O–H groups in total. The van der Waals surface area contributed by atoms with E-state index >= 15 is 0 Å². The number of halogens is 4. The number of benzene rings is 1. The van der Waals surface area contributed by atoms with Gasteiger partial charge in [0.05, 0.1) is 5.56 Å². The van der Waals surface area contributed by atoms with Crippen LogP contribution in [0.3, 0.4) is 0 Å². The Morgan fingerprint density at radius 2 is 1.79 bits per heavy atom. The van der Waals surface area contributed by atoms with Crippen molar-refractivity contribution in [3.05, 3.63) is 35.1 Å². The van der Waals surface area contributed by atoms with E-state index in [1.54, 1.807) is 0 Å². The first-order chi connectivity index (χ1) is 8.68. The normalized spacial score (nSPS) is 12.8. The highest BCUT2D eigenvalue weighted by molar-refractivity contribution is 5.31. The van der Waals surface area contributed by atoms with Crippen molar-refractivity contribution in [1.82, 2.24) is 5.32 Å². The predicted octanol–water partition coefficient (Wildman–Crippen LogP) is 4.12. The summed E-state index contributed by atoms with van der Waals surface area (Å²) in [6.45, 7) is 7.34. The van der Waals surface area contributed by atoms with Crippen LogP contribution in [-0.2, 0) is 11.6 Å². The van der Waals surface area contributed by atoms with Crippen molar-refractivity contribution in [3.8, 4) is 0 Å². The van der Waals surface area contributed by atoms with Crippen LogP contribution in [0.25, 0.3) is 0 Å². The van der Waals surface area contributed by atoms with Gasteiger partial charge in [0.2, 0.25) is 0 Å². The average molecular weight is 277 g/mol. The largest absolute Gasteiger partial charge is 0.419 e. The summed E-state index contributed by atoms with van der Waals surface area (Å²) in [5.41, 5.74) is -0.998.